The van der Waals surface area contributed by atoms with Crippen molar-refractivity contribution >= 4 is 6.09 Å². The zero-order valence-electron chi connectivity index (χ0n) is 12.4. The minimum Gasteiger partial charge on any atom is -0.449 e. The Bertz CT molecular complexity index is 700. The van der Waals surface area contributed by atoms with Crippen molar-refractivity contribution in [1.29, 1.82) is 0 Å². The smallest absolute Gasteiger partial charge is 0.408 e. The normalized spacial score (nSPS) is 13.6. The fraction of sp³-hybridized carbons (Fsp3) is 0.211. The van der Waals surface area contributed by atoms with E-state index in [9.17, 15) is 4.79 Å². The number of carbonyl (C=O) groups is 1. The van der Waals surface area contributed by atoms with Crippen LogP contribution in [0.3, 0.4) is 0 Å². The maximum Gasteiger partial charge on any atom is 0.408 e. The summed E-state index contributed by atoms with van der Waals surface area (Å²) in [5.41, 5.74) is 4.82. The van der Waals surface area contributed by atoms with Gasteiger partial charge in [0.05, 0.1) is 6.04 Å². The van der Waals surface area contributed by atoms with E-state index >= 15 is 0 Å². The monoisotopic (exact) mass is 291 g/mol. The Hall–Kier alpha value is -2.73. The van der Waals surface area contributed by atoms with Gasteiger partial charge < -0.3 is 10.1 Å². The number of alkyl carbamates (subject to hydrolysis) is 1. The van der Waals surface area contributed by atoms with E-state index in [1.165, 1.54) is 22.3 Å². The van der Waals surface area contributed by atoms with E-state index in [4.69, 9.17) is 11.2 Å². The highest BCUT2D eigenvalue weighted by Gasteiger charge is 2.28. The van der Waals surface area contributed by atoms with Gasteiger partial charge in [0.2, 0.25) is 0 Å². The molecule has 110 valence electrons. The Morgan fingerprint density at radius 3 is 2.27 bits per heavy atom. The minimum absolute atomic E-state index is 0.0688. The first-order chi connectivity index (χ1) is 10.7. The van der Waals surface area contributed by atoms with Gasteiger partial charge in [-0.25, -0.2) is 4.79 Å². The Labute approximate surface area is 130 Å². The van der Waals surface area contributed by atoms with E-state index in [0.717, 1.165) is 0 Å². The van der Waals surface area contributed by atoms with Crippen LogP contribution in [0.2, 0.25) is 0 Å². The van der Waals surface area contributed by atoms with Crippen molar-refractivity contribution in [3.05, 3.63) is 59.7 Å². The van der Waals surface area contributed by atoms with Crippen molar-refractivity contribution in [1.82, 2.24) is 5.32 Å². The van der Waals surface area contributed by atoms with Gasteiger partial charge in [-0.3, -0.25) is 0 Å². The number of benzene rings is 2. The van der Waals surface area contributed by atoms with Crippen LogP contribution in [0.15, 0.2) is 48.5 Å². The average molecular weight is 291 g/mol. The Balaban J connectivity index is 1.80. The van der Waals surface area contributed by atoms with Gasteiger partial charge in [0, 0.05) is 5.92 Å². The van der Waals surface area contributed by atoms with Crippen LogP contribution in [0, 0.1) is 12.3 Å². The zero-order valence-corrected chi connectivity index (χ0v) is 12.4. The number of amides is 1. The molecule has 0 aliphatic heterocycles. The standard InChI is InChI=1S/C19H17NO2/c1-3-13(2)20-19(21)22-12-18-16-10-6-4-8-14(16)15-9-5-7-11-17(15)18/h1,4-11,13,18H,12H2,2H3,(H,20,21). The molecular weight excluding hydrogens is 274 g/mol. The van der Waals surface area contributed by atoms with Crippen LogP contribution in [0.4, 0.5) is 4.79 Å². The van der Waals surface area contributed by atoms with E-state index in [-0.39, 0.29) is 12.0 Å². The van der Waals surface area contributed by atoms with E-state index in [1.54, 1.807) is 6.92 Å². The summed E-state index contributed by atoms with van der Waals surface area (Å²) in [4.78, 5) is 11.8. The molecule has 0 saturated heterocycles. The molecule has 0 fully saturated rings. The maximum absolute atomic E-state index is 11.8. The lowest BCUT2D eigenvalue weighted by molar-refractivity contribution is 0.141. The second kappa shape index (κ2) is 5.95. The topological polar surface area (TPSA) is 38.3 Å². The molecule has 0 spiro atoms. The number of rotatable bonds is 3. The number of terminal acetylenes is 1. The van der Waals surface area contributed by atoms with Crippen molar-refractivity contribution in [2.45, 2.75) is 18.9 Å². The third-order valence-corrected chi connectivity index (χ3v) is 3.93. The van der Waals surface area contributed by atoms with Crippen LogP contribution >= 0.6 is 0 Å². The number of hydrogen-bond donors (Lipinski definition) is 1. The highest BCUT2D eigenvalue weighted by atomic mass is 16.5. The first-order valence-corrected chi connectivity index (χ1v) is 7.28. The third kappa shape index (κ3) is 2.56. The van der Waals surface area contributed by atoms with Crippen LogP contribution in [0.1, 0.15) is 24.0 Å². The van der Waals surface area contributed by atoms with Gasteiger partial charge in [0.25, 0.3) is 0 Å². The molecule has 3 nitrogen and oxygen atoms in total. The summed E-state index contributed by atoms with van der Waals surface area (Å²) in [5.74, 6) is 2.51. The van der Waals surface area contributed by atoms with Crippen LogP contribution in [0.5, 0.6) is 0 Å². The summed E-state index contributed by atoms with van der Waals surface area (Å²) >= 11 is 0. The van der Waals surface area contributed by atoms with Crippen molar-refractivity contribution in [2.75, 3.05) is 6.61 Å². The van der Waals surface area contributed by atoms with E-state index in [1.807, 2.05) is 24.3 Å². The molecule has 1 aliphatic rings. The lowest BCUT2D eigenvalue weighted by atomic mass is 9.98. The summed E-state index contributed by atoms with van der Waals surface area (Å²) in [6, 6.07) is 16.1. The third-order valence-electron chi connectivity index (χ3n) is 3.93. The van der Waals surface area contributed by atoms with Crippen molar-refractivity contribution in [3.8, 4) is 23.5 Å². The number of ether oxygens (including phenoxy) is 1. The first kappa shape index (κ1) is 14.2. The highest BCUT2D eigenvalue weighted by Crippen LogP contribution is 2.44. The number of fused-ring (bicyclic) bond motifs is 3. The first-order valence-electron chi connectivity index (χ1n) is 7.28. The number of nitrogens with one attached hydrogen (secondary N) is 1. The molecule has 0 aromatic heterocycles. The molecule has 3 rings (SSSR count). The summed E-state index contributed by atoms with van der Waals surface area (Å²) < 4.78 is 5.37. The molecule has 0 bridgehead atoms. The predicted octanol–water partition coefficient (Wildman–Crippen LogP) is 3.55. The second-order valence-electron chi connectivity index (χ2n) is 5.36. The van der Waals surface area contributed by atoms with Gasteiger partial charge in [0.1, 0.15) is 6.61 Å². The van der Waals surface area contributed by atoms with Gasteiger partial charge in [0.15, 0.2) is 0 Å². The zero-order chi connectivity index (χ0) is 15.5. The summed E-state index contributed by atoms with van der Waals surface area (Å²) in [7, 11) is 0. The van der Waals surface area contributed by atoms with E-state index in [0.29, 0.717) is 6.61 Å². The van der Waals surface area contributed by atoms with E-state index in [2.05, 4.69) is 35.5 Å². The molecule has 0 heterocycles. The molecule has 22 heavy (non-hydrogen) atoms. The SMILES string of the molecule is C#CC(C)NC(=O)OCC1c2ccccc2-c2ccccc21. The second-order valence-corrected chi connectivity index (χ2v) is 5.36. The van der Waals surface area contributed by atoms with Gasteiger partial charge in [-0.15, -0.1) is 6.42 Å². The Morgan fingerprint density at radius 2 is 1.73 bits per heavy atom. The molecule has 1 unspecified atom stereocenters. The van der Waals surface area contributed by atoms with Gasteiger partial charge in [-0.05, 0) is 29.2 Å². The molecule has 3 heteroatoms. The number of carbonyl (C=O) groups excluding carboxylic acids is 1. The molecule has 2 aromatic carbocycles. The summed E-state index contributed by atoms with van der Waals surface area (Å²) in [5, 5.41) is 2.60. The Kier molecular flexibility index (Phi) is 3.84. The summed E-state index contributed by atoms with van der Waals surface area (Å²) in [6.07, 6.45) is 4.77. The minimum atomic E-state index is -0.479. The van der Waals surface area contributed by atoms with E-state index < -0.39 is 6.09 Å². The molecule has 1 aliphatic carbocycles. The van der Waals surface area contributed by atoms with Crippen LogP contribution in [-0.4, -0.2) is 18.7 Å². The lowest BCUT2D eigenvalue weighted by Gasteiger charge is -2.15. The molecule has 1 N–H and O–H groups in total. The molecule has 0 radical (unpaired) electrons. The highest BCUT2D eigenvalue weighted by molar-refractivity contribution is 5.79. The fourth-order valence-corrected chi connectivity index (χ4v) is 2.86. The summed E-state index contributed by atoms with van der Waals surface area (Å²) in [6.45, 7) is 2.04. The van der Waals surface area contributed by atoms with Crippen molar-refractivity contribution in [2.24, 2.45) is 0 Å². The van der Waals surface area contributed by atoms with Crippen molar-refractivity contribution in [3.63, 3.8) is 0 Å². The van der Waals surface area contributed by atoms with Crippen molar-refractivity contribution < 1.29 is 9.53 Å². The van der Waals surface area contributed by atoms with Crippen LogP contribution < -0.4 is 5.32 Å². The molecule has 1 amide bonds. The number of hydrogen-bond acceptors (Lipinski definition) is 2. The lowest BCUT2D eigenvalue weighted by Crippen LogP contribution is -2.32. The van der Waals surface area contributed by atoms with Gasteiger partial charge in [-0.1, -0.05) is 54.5 Å². The van der Waals surface area contributed by atoms with Gasteiger partial charge >= 0.3 is 6.09 Å². The molecule has 0 saturated carbocycles. The largest absolute Gasteiger partial charge is 0.449 e. The quantitative estimate of drug-likeness (QED) is 0.878. The molecule has 1 atom stereocenters. The Morgan fingerprint density at radius 1 is 1.18 bits per heavy atom. The maximum atomic E-state index is 11.8. The molecule has 2 aromatic rings. The van der Waals surface area contributed by atoms with Crippen LogP contribution in [-0.2, 0) is 4.74 Å². The average Bonchev–Trinajstić information content (AvgIpc) is 2.87. The predicted molar refractivity (Wildman–Crippen MR) is 86.5 cm³/mol. The van der Waals surface area contributed by atoms with Gasteiger partial charge in [-0.2, -0.15) is 0 Å². The fourth-order valence-electron chi connectivity index (χ4n) is 2.86. The molecular formula is C19H17NO2. The van der Waals surface area contributed by atoms with Crippen LogP contribution in [0.25, 0.3) is 11.1 Å².